The molecule has 25 heavy (non-hydrogen) atoms. The van der Waals surface area contributed by atoms with Crippen molar-refractivity contribution in [3.05, 3.63) is 36.3 Å². The summed E-state index contributed by atoms with van der Waals surface area (Å²) in [5, 5.41) is 0. The fraction of sp³-hybridized carbons (Fsp3) is 0.600. The molecule has 0 saturated heterocycles. The molecule has 1 heterocycles. The third-order valence-electron chi connectivity index (χ3n) is 2.71. The Morgan fingerprint density at radius 3 is 2.20 bits per heavy atom. The fourth-order valence-electron chi connectivity index (χ4n) is 1.72. The quantitative estimate of drug-likeness (QED) is 0.548. The van der Waals surface area contributed by atoms with Crippen LogP contribution in [0.2, 0.25) is 0 Å². The van der Waals surface area contributed by atoms with E-state index in [0.29, 0.717) is 5.59 Å². The average molecular weight is 346 g/mol. The van der Waals surface area contributed by atoms with Gasteiger partial charge in [0.15, 0.2) is 0 Å². The Hall–Kier alpha value is -1.46. The third-order valence-corrected chi connectivity index (χ3v) is 2.71. The van der Waals surface area contributed by atoms with E-state index in [2.05, 4.69) is 23.8 Å². The minimum atomic E-state index is -0.513. The molecule has 0 bridgehead atoms. The van der Waals surface area contributed by atoms with Crippen LogP contribution in [0.1, 0.15) is 74.4 Å². The van der Waals surface area contributed by atoms with Gasteiger partial charge in [-0.2, -0.15) is 0 Å². The summed E-state index contributed by atoms with van der Waals surface area (Å²) in [6, 6.07) is 0. The SMILES string of the molecule is C/C=C\C=C(/C)c1cnc(B(OC(C)C)OC(C)(C)C)cn1.CCC. The predicted octanol–water partition coefficient (Wildman–Crippen LogP) is 4.81. The first-order valence-corrected chi connectivity index (χ1v) is 9.09. The van der Waals surface area contributed by atoms with E-state index in [4.69, 9.17) is 9.31 Å². The van der Waals surface area contributed by atoms with Crippen LogP contribution in [0, 0.1) is 0 Å². The molecular formula is C20H35BN2O2. The van der Waals surface area contributed by atoms with E-state index in [-0.39, 0.29) is 11.7 Å². The monoisotopic (exact) mass is 346 g/mol. The van der Waals surface area contributed by atoms with Crippen molar-refractivity contribution in [2.45, 2.75) is 80.4 Å². The largest absolute Gasteiger partial charge is 0.515 e. The van der Waals surface area contributed by atoms with E-state index in [1.165, 1.54) is 6.42 Å². The zero-order valence-corrected chi connectivity index (χ0v) is 17.5. The van der Waals surface area contributed by atoms with Crippen molar-refractivity contribution in [1.82, 2.24) is 9.97 Å². The summed E-state index contributed by atoms with van der Waals surface area (Å²) in [5.74, 6) is 0. The van der Waals surface area contributed by atoms with Crippen LogP contribution < -0.4 is 5.59 Å². The highest BCUT2D eigenvalue weighted by atomic mass is 16.6. The molecule has 0 unspecified atom stereocenters. The number of hydrogen-bond acceptors (Lipinski definition) is 4. The van der Waals surface area contributed by atoms with Gasteiger partial charge < -0.3 is 9.31 Å². The molecule has 0 aliphatic rings. The standard InChI is InChI=1S/C17H27BN2O2.C3H8/c1-8-9-10-14(4)15-11-20-16(12-19-15)18(21-13(2)3)22-17(5,6)7;1-3-2/h8-13H,1-7H3;3H2,1-2H3/b9-8-,14-10+;. The third kappa shape index (κ3) is 10.9. The molecule has 0 atom stereocenters. The maximum absolute atomic E-state index is 5.95. The molecule has 0 aliphatic heterocycles. The van der Waals surface area contributed by atoms with Gasteiger partial charge in [0.25, 0.3) is 0 Å². The van der Waals surface area contributed by atoms with Crippen molar-refractivity contribution >= 4 is 18.3 Å². The van der Waals surface area contributed by atoms with Gasteiger partial charge in [-0.1, -0.05) is 38.5 Å². The highest BCUT2D eigenvalue weighted by molar-refractivity contribution is 6.60. The van der Waals surface area contributed by atoms with Gasteiger partial charge in [-0.15, -0.1) is 0 Å². The maximum Gasteiger partial charge on any atom is 0.515 e. The van der Waals surface area contributed by atoms with Crippen LogP contribution in [0.4, 0.5) is 0 Å². The summed E-state index contributed by atoms with van der Waals surface area (Å²) in [6.45, 7) is 18.2. The normalized spacial score (nSPS) is 12.3. The summed E-state index contributed by atoms with van der Waals surface area (Å²) in [6.07, 6.45) is 10.8. The minimum absolute atomic E-state index is 0.0464. The molecule has 0 spiro atoms. The van der Waals surface area contributed by atoms with Gasteiger partial charge in [0.2, 0.25) is 0 Å². The van der Waals surface area contributed by atoms with Crippen LogP contribution in [-0.2, 0) is 9.31 Å². The Morgan fingerprint density at radius 2 is 1.80 bits per heavy atom. The molecule has 0 N–H and O–H groups in total. The van der Waals surface area contributed by atoms with Gasteiger partial charge >= 0.3 is 7.12 Å². The summed E-state index contributed by atoms with van der Waals surface area (Å²) < 4.78 is 11.8. The maximum atomic E-state index is 5.95. The number of aromatic nitrogens is 2. The van der Waals surface area contributed by atoms with Crippen molar-refractivity contribution in [2.24, 2.45) is 0 Å². The van der Waals surface area contributed by atoms with Crippen molar-refractivity contribution in [2.75, 3.05) is 0 Å². The van der Waals surface area contributed by atoms with Crippen LogP contribution in [0.15, 0.2) is 30.6 Å². The number of nitrogens with zero attached hydrogens (tertiary/aromatic N) is 2. The zero-order valence-electron chi connectivity index (χ0n) is 17.5. The van der Waals surface area contributed by atoms with Crippen LogP contribution in [0.25, 0.3) is 5.57 Å². The summed E-state index contributed by atoms with van der Waals surface area (Å²) in [5.41, 5.74) is 2.28. The zero-order chi connectivity index (χ0) is 19.5. The van der Waals surface area contributed by atoms with E-state index in [1.807, 2.05) is 66.7 Å². The Morgan fingerprint density at radius 1 is 1.20 bits per heavy atom. The summed E-state index contributed by atoms with van der Waals surface area (Å²) in [4.78, 5) is 8.93. The molecule has 0 aliphatic carbocycles. The smallest absolute Gasteiger partial charge is 0.404 e. The first kappa shape index (κ1) is 23.5. The van der Waals surface area contributed by atoms with Crippen LogP contribution in [0.3, 0.4) is 0 Å². The second kappa shape index (κ2) is 12.0. The van der Waals surface area contributed by atoms with E-state index >= 15 is 0 Å². The van der Waals surface area contributed by atoms with Crippen LogP contribution in [0.5, 0.6) is 0 Å². The molecule has 1 aromatic heterocycles. The predicted molar refractivity (Wildman–Crippen MR) is 109 cm³/mol. The minimum Gasteiger partial charge on any atom is -0.404 e. The Balaban J connectivity index is 0.00000178. The lowest BCUT2D eigenvalue weighted by molar-refractivity contribution is 0.0752. The van der Waals surface area contributed by atoms with Crippen molar-refractivity contribution in [3.63, 3.8) is 0 Å². The molecule has 0 saturated carbocycles. The lowest BCUT2D eigenvalue weighted by Crippen LogP contribution is -2.45. The van der Waals surface area contributed by atoms with Crippen LogP contribution >= 0.6 is 0 Å². The van der Waals surface area contributed by atoms with Gasteiger partial charge in [0.05, 0.1) is 17.5 Å². The average Bonchev–Trinajstić information content (AvgIpc) is 2.51. The molecule has 5 heteroatoms. The second-order valence-corrected chi connectivity index (χ2v) is 7.16. The van der Waals surface area contributed by atoms with E-state index in [9.17, 15) is 0 Å². The van der Waals surface area contributed by atoms with Crippen molar-refractivity contribution in [3.8, 4) is 0 Å². The summed E-state index contributed by atoms with van der Waals surface area (Å²) >= 11 is 0. The van der Waals surface area contributed by atoms with Gasteiger partial charge in [-0.25, -0.2) is 0 Å². The Labute approximate surface area is 154 Å². The molecule has 140 valence electrons. The van der Waals surface area contributed by atoms with Crippen molar-refractivity contribution in [1.29, 1.82) is 0 Å². The highest BCUT2D eigenvalue weighted by Gasteiger charge is 2.30. The number of rotatable bonds is 6. The van der Waals surface area contributed by atoms with Gasteiger partial charge in [-0.05, 0) is 54.0 Å². The number of allylic oxidation sites excluding steroid dienone is 4. The Kier molecular flexibility index (Phi) is 11.3. The lowest BCUT2D eigenvalue weighted by atomic mass is 9.83. The highest BCUT2D eigenvalue weighted by Crippen LogP contribution is 2.12. The van der Waals surface area contributed by atoms with Gasteiger partial charge in [0.1, 0.15) is 0 Å². The molecule has 1 aromatic rings. The van der Waals surface area contributed by atoms with Gasteiger partial charge in [0, 0.05) is 17.9 Å². The molecule has 0 fully saturated rings. The first-order chi connectivity index (χ1) is 11.6. The lowest BCUT2D eigenvalue weighted by Gasteiger charge is -2.26. The first-order valence-electron chi connectivity index (χ1n) is 9.09. The molecule has 1 rings (SSSR count). The number of hydrogen-bond donors (Lipinski definition) is 0. The van der Waals surface area contributed by atoms with E-state index in [1.54, 1.807) is 12.4 Å². The van der Waals surface area contributed by atoms with Crippen LogP contribution in [-0.4, -0.2) is 28.8 Å². The molecule has 0 aromatic carbocycles. The van der Waals surface area contributed by atoms with E-state index in [0.717, 1.165) is 11.3 Å². The molecule has 0 radical (unpaired) electrons. The van der Waals surface area contributed by atoms with E-state index < -0.39 is 7.12 Å². The second-order valence-electron chi connectivity index (χ2n) is 7.16. The Bertz CT molecular complexity index is 532. The fourth-order valence-corrected chi connectivity index (χ4v) is 1.72. The molecular weight excluding hydrogens is 311 g/mol. The van der Waals surface area contributed by atoms with Crippen molar-refractivity contribution < 1.29 is 9.31 Å². The molecule has 0 amide bonds. The van der Waals surface area contributed by atoms with Gasteiger partial charge in [-0.3, -0.25) is 9.97 Å². The topological polar surface area (TPSA) is 44.2 Å². The molecule has 4 nitrogen and oxygen atoms in total. The summed E-state index contributed by atoms with van der Waals surface area (Å²) in [7, 11) is -0.513.